The largest absolute Gasteiger partial charge is 0.383 e. The van der Waals surface area contributed by atoms with Gasteiger partial charge in [0.15, 0.2) is 0 Å². The average Bonchev–Trinajstić information content (AvgIpc) is 2.67. The SMILES string of the molecule is CC1CCn2c(nc(-c3ccccc3)c2N)C1. The van der Waals surface area contributed by atoms with Gasteiger partial charge < -0.3 is 10.3 Å². The van der Waals surface area contributed by atoms with Gasteiger partial charge in [-0.1, -0.05) is 37.3 Å². The van der Waals surface area contributed by atoms with E-state index in [0.29, 0.717) is 5.92 Å². The van der Waals surface area contributed by atoms with Gasteiger partial charge in [-0.15, -0.1) is 0 Å². The molecule has 1 unspecified atom stereocenters. The van der Waals surface area contributed by atoms with Gasteiger partial charge in [0, 0.05) is 18.5 Å². The smallest absolute Gasteiger partial charge is 0.131 e. The lowest BCUT2D eigenvalue weighted by Crippen LogP contribution is -2.18. The molecule has 17 heavy (non-hydrogen) atoms. The normalized spacial score (nSPS) is 19.0. The van der Waals surface area contributed by atoms with Crippen LogP contribution in [0.25, 0.3) is 11.3 Å². The van der Waals surface area contributed by atoms with E-state index in [1.54, 1.807) is 0 Å². The highest BCUT2D eigenvalue weighted by atomic mass is 15.1. The van der Waals surface area contributed by atoms with Gasteiger partial charge in [-0.3, -0.25) is 0 Å². The molecule has 2 heterocycles. The van der Waals surface area contributed by atoms with Crippen molar-refractivity contribution in [3.63, 3.8) is 0 Å². The summed E-state index contributed by atoms with van der Waals surface area (Å²) in [5, 5.41) is 0. The van der Waals surface area contributed by atoms with Crippen LogP contribution in [0, 0.1) is 5.92 Å². The van der Waals surface area contributed by atoms with Crippen molar-refractivity contribution in [2.75, 3.05) is 5.73 Å². The first-order valence-electron chi connectivity index (χ1n) is 6.16. The zero-order valence-corrected chi connectivity index (χ0v) is 10.1. The molecule has 0 bridgehead atoms. The summed E-state index contributed by atoms with van der Waals surface area (Å²) in [6.45, 7) is 3.28. The fraction of sp³-hybridized carbons (Fsp3) is 0.357. The van der Waals surface area contributed by atoms with Crippen LogP contribution in [0.15, 0.2) is 30.3 Å². The molecular formula is C14H17N3. The van der Waals surface area contributed by atoms with Crippen molar-refractivity contribution in [3.05, 3.63) is 36.2 Å². The molecule has 1 atom stereocenters. The standard InChI is InChI=1S/C14H17N3/c1-10-7-8-17-12(9-10)16-13(14(17)15)11-5-3-2-4-6-11/h2-6,10H,7-9,15H2,1H3. The Bertz CT molecular complexity index is 528. The molecule has 0 spiro atoms. The lowest BCUT2D eigenvalue weighted by molar-refractivity contribution is 0.412. The third-order valence-corrected chi connectivity index (χ3v) is 3.51. The summed E-state index contributed by atoms with van der Waals surface area (Å²) in [5.74, 6) is 2.67. The summed E-state index contributed by atoms with van der Waals surface area (Å²) >= 11 is 0. The van der Waals surface area contributed by atoms with E-state index in [1.807, 2.05) is 18.2 Å². The van der Waals surface area contributed by atoms with Crippen molar-refractivity contribution in [2.24, 2.45) is 5.92 Å². The second kappa shape index (κ2) is 3.91. The highest BCUT2D eigenvalue weighted by Gasteiger charge is 2.21. The summed E-state index contributed by atoms with van der Waals surface area (Å²) in [6, 6.07) is 10.2. The zero-order chi connectivity index (χ0) is 11.8. The molecule has 0 fully saturated rings. The molecule has 1 aromatic carbocycles. The van der Waals surface area contributed by atoms with Crippen molar-refractivity contribution in [1.29, 1.82) is 0 Å². The highest BCUT2D eigenvalue weighted by molar-refractivity contribution is 5.71. The highest BCUT2D eigenvalue weighted by Crippen LogP contribution is 2.30. The van der Waals surface area contributed by atoms with Crippen molar-refractivity contribution in [1.82, 2.24) is 9.55 Å². The number of anilines is 1. The van der Waals surface area contributed by atoms with Gasteiger partial charge in [0.05, 0.1) is 0 Å². The number of aromatic nitrogens is 2. The van der Waals surface area contributed by atoms with Crippen LogP contribution in [0.5, 0.6) is 0 Å². The van der Waals surface area contributed by atoms with Crippen LogP contribution in [0.2, 0.25) is 0 Å². The summed E-state index contributed by atoms with van der Waals surface area (Å²) in [4.78, 5) is 4.71. The average molecular weight is 227 g/mol. The van der Waals surface area contributed by atoms with Crippen LogP contribution in [0.3, 0.4) is 0 Å². The minimum absolute atomic E-state index is 0.716. The van der Waals surface area contributed by atoms with E-state index in [9.17, 15) is 0 Å². The maximum Gasteiger partial charge on any atom is 0.131 e. The number of nitrogens with two attached hydrogens (primary N) is 1. The lowest BCUT2D eigenvalue weighted by Gasteiger charge is -2.20. The fourth-order valence-corrected chi connectivity index (χ4v) is 2.49. The molecule has 2 aromatic rings. The molecule has 3 rings (SSSR count). The van der Waals surface area contributed by atoms with Crippen molar-refractivity contribution >= 4 is 5.82 Å². The van der Waals surface area contributed by atoms with Gasteiger partial charge >= 0.3 is 0 Å². The number of hydrogen-bond acceptors (Lipinski definition) is 2. The van der Waals surface area contributed by atoms with E-state index in [0.717, 1.165) is 35.9 Å². The number of nitrogens with zero attached hydrogens (tertiary/aromatic N) is 2. The molecule has 0 saturated carbocycles. The predicted octanol–water partition coefficient (Wildman–Crippen LogP) is 2.71. The molecule has 3 heteroatoms. The Hall–Kier alpha value is -1.77. The zero-order valence-electron chi connectivity index (χ0n) is 10.1. The monoisotopic (exact) mass is 227 g/mol. The van der Waals surface area contributed by atoms with E-state index in [1.165, 1.54) is 6.42 Å². The van der Waals surface area contributed by atoms with E-state index in [4.69, 9.17) is 10.7 Å². The number of nitrogen functional groups attached to an aromatic ring is 1. The maximum atomic E-state index is 6.20. The Morgan fingerprint density at radius 1 is 1.29 bits per heavy atom. The second-order valence-corrected chi connectivity index (χ2v) is 4.88. The summed E-state index contributed by atoms with van der Waals surface area (Å²) in [6.07, 6.45) is 2.23. The molecule has 1 aliphatic rings. The van der Waals surface area contributed by atoms with Crippen molar-refractivity contribution < 1.29 is 0 Å². The van der Waals surface area contributed by atoms with Crippen LogP contribution in [0.4, 0.5) is 5.82 Å². The van der Waals surface area contributed by atoms with Gasteiger partial charge in [-0.2, -0.15) is 0 Å². The molecule has 0 amide bonds. The maximum absolute atomic E-state index is 6.20. The fourth-order valence-electron chi connectivity index (χ4n) is 2.49. The van der Waals surface area contributed by atoms with Gasteiger partial charge in [0.1, 0.15) is 17.3 Å². The molecule has 0 saturated heterocycles. The van der Waals surface area contributed by atoms with Crippen molar-refractivity contribution in [2.45, 2.75) is 26.3 Å². The van der Waals surface area contributed by atoms with Crippen LogP contribution in [-0.4, -0.2) is 9.55 Å². The van der Waals surface area contributed by atoms with Crippen LogP contribution >= 0.6 is 0 Å². The third-order valence-electron chi connectivity index (χ3n) is 3.51. The topological polar surface area (TPSA) is 43.8 Å². The Balaban J connectivity index is 2.08. The molecule has 3 nitrogen and oxygen atoms in total. The summed E-state index contributed by atoms with van der Waals surface area (Å²) in [5.41, 5.74) is 8.25. The molecule has 0 aliphatic carbocycles. The second-order valence-electron chi connectivity index (χ2n) is 4.88. The quantitative estimate of drug-likeness (QED) is 0.814. The Labute approximate surface area is 101 Å². The molecule has 88 valence electrons. The molecular weight excluding hydrogens is 210 g/mol. The van der Waals surface area contributed by atoms with Crippen molar-refractivity contribution in [3.8, 4) is 11.3 Å². The number of imidazole rings is 1. The Morgan fingerprint density at radius 2 is 2.06 bits per heavy atom. The Morgan fingerprint density at radius 3 is 2.82 bits per heavy atom. The minimum Gasteiger partial charge on any atom is -0.383 e. The summed E-state index contributed by atoms with van der Waals surface area (Å²) in [7, 11) is 0. The first kappa shape index (κ1) is 10.4. The van der Waals surface area contributed by atoms with E-state index in [2.05, 4.69) is 23.6 Å². The molecule has 1 aliphatic heterocycles. The number of benzene rings is 1. The number of rotatable bonds is 1. The van der Waals surface area contributed by atoms with Crippen LogP contribution < -0.4 is 5.73 Å². The van der Waals surface area contributed by atoms with Gasteiger partial charge in [-0.25, -0.2) is 4.98 Å². The van der Waals surface area contributed by atoms with E-state index < -0.39 is 0 Å². The van der Waals surface area contributed by atoms with Crippen LogP contribution in [-0.2, 0) is 13.0 Å². The summed E-state index contributed by atoms with van der Waals surface area (Å²) < 4.78 is 2.17. The molecule has 2 N–H and O–H groups in total. The number of fused-ring (bicyclic) bond motifs is 1. The predicted molar refractivity (Wildman–Crippen MR) is 69.6 cm³/mol. The Kier molecular flexibility index (Phi) is 2.39. The van der Waals surface area contributed by atoms with Gasteiger partial charge in [0.2, 0.25) is 0 Å². The molecule has 0 radical (unpaired) electrons. The number of hydrogen-bond donors (Lipinski definition) is 1. The van der Waals surface area contributed by atoms with E-state index in [-0.39, 0.29) is 0 Å². The van der Waals surface area contributed by atoms with Gasteiger partial charge in [-0.05, 0) is 12.3 Å². The third kappa shape index (κ3) is 1.71. The first-order valence-corrected chi connectivity index (χ1v) is 6.16. The van der Waals surface area contributed by atoms with Gasteiger partial charge in [0.25, 0.3) is 0 Å². The minimum atomic E-state index is 0.716. The first-order chi connectivity index (χ1) is 8.25. The van der Waals surface area contributed by atoms with Crippen LogP contribution in [0.1, 0.15) is 19.2 Å². The van der Waals surface area contributed by atoms with E-state index >= 15 is 0 Å². The molecule has 1 aromatic heterocycles. The lowest BCUT2D eigenvalue weighted by atomic mass is 10.0.